The number of carbonyl (C=O) groups is 2. The summed E-state index contributed by atoms with van der Waals surface area (Å²) in [5.74, 6) is -0.558. The number of rotatable bonds is 16. The van der Waals surface area contributed by atoms with Gasteiger partial charge in [-0.3, -0.25) is 13.9 Å². The molecule has 0 fully saturated rings. The summed E-state index contributed by atoms with van der Waals surface area (Å²) in [6, 6.07) is 28.8. The molecule has 0 aliphatic rings. The average Bonchev–Trinajstić information content (AvgIpc) is 3.06. The van der Waals surface area contributed by atoms with Crippen LogP contribution in [0.3, 0.4) is 0 Å². The molecule has 1 N–H and O–H groups in total. The SMILES string of the molecule is CCCCNC(=O)C(Cc1ccccc1)N(Cc1cccc(Cl)c1)C(=O)CN(c1ccccc1OCC)S(=O)(=O)c1ccc(C)cc1. The Balaban J connectivity index is 1.83. The molecule has 4 aromatic carbocycles. The first-order chi connectivity index (χ1) is 22.6. The van der Waals surface area contributed by atoms with Gasteiger partial charge >= 0.3 is 0 Å². The normalized spacial score (nSPS) is 11.8. The molecular formula is C37H42ClN3O5S. The number of unbranched alkanes of at least 4 members (excludes halogenated alkanes) is 1. The number of halogens is 1. The Labute approximate surface area is 283 Å². The summed E-state index contributed by atoms with van der Waals surface area (Å²) in [6.07, 6.45) is 1.90. The first-order valence-corrected chi connectivity index (χ1v) is 17.6. The minimum atomic E-state index is -4.26. The van der Waals surface area contributed by atoms with E-state index in [1.165, 1.54) is 17.0 Å². The van der Waals surface area contributed by atoms with Crippen molar-refractivity contribution in [2.24, 2.45) is 0 Å². The number of anilines is 1. The van der Waals surface area contributed by atoms with Gasteiger partial charge in [-0.05, 0) is 67.8 Å². The highest BCUT2D eigenvalue weighted by molar-refractivity contribution is 7.92. The molecule has 0 aromatic heterocycles. The van der Waals surface area contributed by atoms with Gasteiger partial charge in [0.05, 0.1) is 17.2 Å². The van der Waals surface area contributed by atoms with Crippen molar-refractivity contribution in [2.45, 2.75) is 57.5 Å². The van der Waals surface area contributed by atoms with E-state index in [4.69, 9.17) is 16.3 Å². The van der Waals surface area contributed by atoms with Crippen LogP contribution in [0.2, 0.25) is 5.02 Å². The van der Waals surface area contributed by atoms with Crippen molar-refractivity contribution >= 4 is 39.1 Å². The molecule has 8 nitrogen and oxygen atoms in total. The van der Waals surface area contributed by atoms with Crippen LogP contribution >= 0.6 is 11.6 Å². The Morgan fingerprint density at radius 3 is 2.23 bits per heavy atom. The number of nitrogens with one attached hydrogen (secondary N) is 1. The van der Waals surface area contributed by atoms with Gasteiger partial charge in [-0.25, -0.2) is 8.42 Å². The van der Waals surface area contributed by atoms with Gasteiger partial charge in [-0.1, -0.05) is 97.2 Å². The van der Waals surface area contributed by atoms with Crippen molar-refractivity contribution in [1.29, 1.82) is 0 Å². The molecule has 47 heavy (non-hydrogen) atoms. The van der Waals surface area contributed by atoms with Crippen molar-refractivity contribution in [2.75, 3.05) is 24.0 Å². The van der Waals surface area contributed by atoms with Crippen LogP contribution in [0.5, 0.6) is 5.75 Å². The number of benzene rings is 4. The van der Waals surface area contributed by atoms with Crippen molar-refractivity contribution in [3.8, 4) is 5.75 Å². The summed E-state index contributed by atoms with van der Waals surface area (Å²) < 4.78 is 35.6. The summed E-state index contributed by atoms with van der Waals surface area (Å²) in [7, 11) is -4.26. The lowest BCUT2D eigenvalue weighted by molar-refractivity contribution is -0.140. The van der Waals surface area contributed by atoms with E-state index in [9.17, 15) is 18.0 Å². The molecule has 0 bridgehead atoms. The smallest absolute Gasteiger partial charge is 0.264 e. The van der Waals surface area contributed by atoms with Gasteiger partial charge in [0.25, 0.3) is 10.0 Å². The van der Waals surface area contributed by atoms with E-state index in [-0.39, 0.29) is 29.5 Å². The first-order valence-electron chi connectivity index (χ1n) is 15.8. The standard InChI is InChI=1S/C37H42ClN3O5S/c1-4-6-23-39-37(43)34(25-29-13-8-7-9-14-29)40(26-30-15-12-16-31(38)24-30)36(42)27-41(33-17-10-11-18-35(33)46-5-2)47(44,45)32-21-19-28(3)20-22-32/h7-22,24,34H,4-6,23,25-27H2,1-3H3,(H,39,43). The fraction of sp³-hybridized carbons (Fsp3) is 0.297. The third-order valence-electron chi connectivity index (χ3n) is 7.66. The molecule has 4 aromatic rings. The van der Waals surface area contributed by atoms with Gasteiger partial charge in [0.1, 0.15) is 18.3 Å². The summed E-state index contributed by atoms with van der Waals surface area (Å²) in [4.78, 5) is 30.0. The third kappa shape index (κ3) is 9.59. The lowest BCUT2D eigenvalue weighted by atomic mass is 10.0. The van der Waals surface area contributed by atoms with Crippen LogP contribution in [0.4, 0.5) is 5.69 Å². The lowest BCUT2D eigenvalue weighted by Gasteiger charge is -2.34. The Kier molecular flexibility index (Phi) is 12.8. The third-order valence-corrected chi connectivity index (χ3v) is 9.67. The minimum absolute atomic E-state index is 0.0294. The van der Waals surface area contributed by atoms with Crippen molar-refractivity contribution in [3.63, 3.8) is 0 Å². The Morgan fingerprint density at radius 1 is 0.872 bits per heavy atom. The second-order valence-electron chi connectivity index (χ2n) is 11.2. The van der Waals surface area contributed by atoms with Crippen molar-refractivity contribution in [3.05, 3.63) is 125 Å². The number of nitrogens with zero attached hydrogens (tertiary/aromatic N) is 2. The topological polar surface area (TPSA) is 96.0 Å². The maximum absolute atomic E-state index is 14.6. The number of carbonyl (C=O) groups excluding carboxylic acids is 2. The first kappa shape index (κ1) is 35.5. The number of amides is 2. The molecule has 1 unspecified atom stereocenters. The van der Waals surface area contributed by atoms with Crippen molar-refractivity contribution < 1.29 is 22.7 Å². The average molecular weight is 676 g/mol. The zero-order valence-electron chi connectivity index (χ0n) is 27.1. The monoisotopic (exact) mass is 675 g/mol. The van der Waals surface area contributed by atoms with E-state index in [0.29, 0.717) is 29.5 Å². The zero-order chi connectivity index (χ0) is 33.8. The maximum atomic E-state index is 14.6. The van der Waals surface area contributed by atoms with E-state index >= 15 is 0 Å². The Morgan fingerprint density at radius 2 is 1.55 bits per heavy atom. The highest BCUT2D eigenvalue weighted by Crippen LogP contribution is 2.33. The van der Waals surface area contributed by atoms with Gasteiger partial charge in [-0.15, -0.1) is 0 Å². The number of ether oxygens (including phenoxy) is 1. The summed E-state index contributed by atoms with van der Waals surface area (Å²) in [5, 5.41) is 3.48. The predicted molar refractivity (Wildman–Crippen MR) is 187 cm³/mol. The number of para-hydroxylation sites is 2. The van der Waals surface area contributed by atoms with Crippen LogP contribution in [-0.2, 0) is 32.6 Å². The van der Waals surface area contributed by atoms with Gasteiger partial charge in [0.15, 0.2) is 0 Å². The van der Waals surface area contributed by atoms with E-state index < -0.39 is 28.5 Å². The molecule has 0 spiro atoms. The van der Waals surface area contributed by atoms with Crippen molar-refractivity contribution in [1.82, 2.24) is 10.2 Å². The fourth-order valence-corrected chi connectivity index (χ4v) is 6.82. The van der Waals surface area contributed by atoms with E-state index in [2.05, 4.69) is 5.32 Å². The minimum Gasteiger partial charge on any atom is -0.492 e. The largest absolute Gasteiger partial charge is 0.492 e. The van der Waals surface area contributed by atoms with E-state index in [1.54, 1.807) is 61.5 Å². The van der Waals surface area contributed by atoms with Crippen LogP contribution in [0.15, 0.2) is 108 Å². The second kappa shape index (κ2) is 17.0. The maximum Gasteiger partial charge on any atom is 0.264 e. The number of aryl methyl sites for hydroxylation is 1. The highest BCUT2D eigenvalue weighted by Gasteiger charge is 2.35. The molecule has 1 atom stereocenters. The number of sulfonamides is 1. The molecule has 0 heterocycles. The fourth-order valence-electron chi connectivity index (χ4n) is 5.18. The van der Waals surface area contributed by atoms with E-state index in [0.717, 1.165) is 28.3 Å². The molecule has 0 aliphatic heterocycles. The molecular weight excluding hydrogens is 634 g/mol. The second-order valence-corrected chi connectivity index (χ2v) is 13.5. The molecule has 0 radical (unpaired) electrons. The molecule has 248 valence electrons. The molecule has 0 saturated heterocycles. The van der Waals surface area contributed by atoms with Crippen LogP contribution in [0.1, 0.15) is 43.4 Å². The molecule has 2 amide bonds. The van der Waals surface area contributed by atoms with Gasteiger partial charge in [0.2, 0.25) is 11.8 Å². The van der Waals surface area contributed by atoms with Gasteiger partial charge in [-0.2, -0.15) is 0 Å². The zero-order valence-corrected chi connectivity index (χ0v) is 28.6. The van der Waals surface area contributed by atoms with Gasteiger partial charge < -0.3 is 15.0 Å². The lowest BCUT2D eigenvalue weighted by Crippen LogP contribution is -2.53. The predicted octanol–water partition coefficient (Wildman–Crippen LogP) is 6.80. The quantitative estimate of drug-likeness (QED) is 0.132. The molecule has 0 saturated carbocycles. The van der Waals surface area contributed by atoms with Crippen LogP contribution < -0.4 is 14.4 Å². The summed E-state index contributed by atoms with van der Waals surface area (Å²) >= 11 is 6.33. The summed E-state index contributed by atoms with van der Waals surface area (Å²) in [6.45, 7) is 5.91. The molecule has 0 aliphatic carbocycles. The van der Waals surface area contributed by atoms with Gasteiger partial charge in [0, 0.05) is 24.5 Å². The van der Waals surface area contributed by atoms with Crippen LogP contribution in [-0.4, -0.2) is 50.9 Å². The Bertz CT molecular complexity index is 1730. The Hall–Kier alpha value is -4.34. The number of hydrogen-bond donors (Lipinski definition) is 1. The highest BCUT2D eigenvalue weighted by atomic mass is 35.5. The summed E-state index contributed by atoms with van der Waals surface area (Å²) in [5.41, 5.74) is 2.68. The van der Waals surface area contributed by atoms with E-state index in [1.807, 2.05) is 50.2 Å². The molecule has 10 heteroatoms. The molecule has 4 rings (SSSR count). The van der Waals surface area contributed by atoms with Crippen LogP contribution in [0.25, 0.3) is 0 Å². The van der Waals surface area contributed by atoms with Crippen LogP contribution in [0, 0.1) is 6.92 Å². The number of hydrogen-bond acceptors (Lipinski definition) is 5.